The van der Waals surface area contributed by atoms with Gasteiger partial charge in [0, 0.05) is 5.92 Å². The van der Waals surface area contributed by atoms with Gasteiger partial charge in [-0.25, -0.2) is 4.39 Å². The van der Waals surface area contributed by atoms with Crippen molar-refractivity contribution in [2.75, 3.05) is 6.54 Å². The van der Waals surface area contributed by atoms with E-state index >= 15 is 0 Å². The molecule has 0 aromatic heterocycles. The lowest BCUT2D eigenvalue weighted by Crippen LogP contribution is -2.30. The molecule has 2 atom stereocenters. The quantitative estimate of drug-likeness (QED) is 0.780. The van der Waals surface area contributed by atoms with Gasteiger partial charge >= 0.3 is 0 Å². The predicted octanol–water partition coefficient (Wildman–Crippen LogP) is 2.17. The Balaban J connectivity index is 2.97. The summed E-state index contributed by atoms with van der Waals surface area (Å²) in [5, 5.41) is 9.07. The minimum atomic E-state index is -1.44. The number of alkyl halides is 1. The number of nitrogens with two attached hydrogens (primary N) is 1. The molecule has 1 rings (SSSR count). The summed E-state index contributed by atoms with van der Waals surface area (Å²) in [6.07, 6.45) is 0. The third-order valence-electron chi connectivity index (χ3n) is 2.71. The van der Waals surface area contributed by atoms with Crippen molar-refractivity contribution in [3.63, 3.8) is 0 Å². The van der Waals surface area contributed by atoms with Crippen molar-refractivity contribution in [3.8, 4) is 5.75 Å². The standard InChI is InChI=1S/C11H16FNO/c1-8(7-13)11(2,12)9-3-5-10(14)6-4-9/h3-6,8,14H,7,13H2,1-2H3. The van der Waals surface area contributed by atoms with Gasteiger partial charge in [-0.1, -0.05) is 19.1 Å². The van der Waals surface area contributed by atoms with Crippen molar-refractivity contribution in [3.05, 3.63) is 29.8 Å². The zero-order chi connectivity index (χ0) is 10.8. The van der Waals surface area contributed by atoms with E-state index in [0.29, 0.717) is 12.1 Å². The highest BCUT2D eigenvalue weighted by Gasteiger charge is 2.31. The first-order valence-corrected chi connectivity index (χ1v) is 4.67. The Bertz CT molecular complexity index is 295. The topological polar surface area (TPSA) is 46.2 Å². The fourth-order valence-corrected chi connectivity index (χ4v) is 1.29. The van der Waals surface area contributed by atoms with Crippen LogP contribution in [0.25, 0.3) is 0 Å². The van der Waals surface area contributed by atoms with E-state index in [1.165, 1.54) is 19.1 Å². The van der Waals surface area contributed by atoms with Gasteiger partial charge < -0.3 is 10.8 Å². The molecule has 0 amide bonds. The fraction of sp³-hybridized carbons (Fsp3) is 0.455. The SMILES string of the molecule is CC(CN)C(C)(F)c1ccc(O)cc1. The summed E-state index contributed by atoms with van der Waals surface area (Å²) in [4.78, 5) is 0. The molecule has 2 nitrogen and oxygen atoms in total. The third-order valence-corrected chi connectivity index (χ3v) is 2.71. The van der Waals surface area contributed by atoms with Crippen LogP contribution in [0.5, 0.6) is 5.75 Å². The Labute approximate surface area is 83.6 Å². The van der Waals surface area contributed by atoms with Crippen LogP contribution in [0.1, 0.15) is 19.4 Å². The normalized spacial score (nSPS) is 17.4. The molecule has 78 valence electrons. The summed E-state index contributed by atoms with van der Waals surface area (Å²) in [6, 6.07) is 6.13. The van der Waals surface area contributed by atoms with Crippen molar-refractivity contribution in [2.45, 2.75) is 19.5 Å². The van der Waals surface area contributed by atoms with Crippen molar-refractivity contribution in [1.29, 1.82) is 0 Å². The van der Waals surface area contributed by atoms with Crippen molar-refractivity contribution in [1.82, 2.24) is 0 Å². The van der Waals surface area contributed by atoms with Crippen LogP contribution in [0.15, 0.2) is 24.3 Å². The Kier molecular flexibility index (Phi) is 3.11. The van der Waals surface area contributed by atoms with Crippen LogP contribution < -0.4 is 5.73 Å². The van der Waals surface area contributed by atoms with Gasteiger partial charge in [0.05, 0.1) is 0 Å². The summed E-state index contributed by atoms with van der Waals surface area (Å²) in [5.74, 6) is -0.100. The van der Waals surface area contributed by atoms with Crippen LogP contribution in [0.3, 0.4) is 0 Å². The maximum absolute atomic E-state index is 14.2. The van der Waals surface area contributed by atoms with Crippen molar-refractivity contribution < 1.29 is 9.50 Å². The van der Waals surface area contributed by atoms with E-state index in [1.807, 2.05) is 0 Å². The van der Waals surface area contributed by atoms with E-state index in [0.717, 1.165) is 0 Å². The molecular weight excluding hydrogens is 181 g/mol. The second-order valence-electron chi connectivity index (χ2n) is 3.76. The average molecular weight is 197 g/mol. The van der Waals surface area contributed by atoms with Crippen LogP contribution >= 0.6 is 0 Å². The molecule has 2 unspecified atom stereocenters. The number of phenolic OH excluding ortho intramolecular Hbond substituents is 1. The molecule has 3 heteroatoms. The molecule has 0 aliphatic carbocycles. The first kappa shape index (κ1) is 11.0. The Morgan fingerprint density at radius 3 is 2.36 bits per heavy atom. The highest BCUT2D eigenvalue weighted by atomic mass is 19.1. The minimum absolute atomic E-state index is 0.143. The van der Waals surface area contributed by atoms with E-state index in [-0.39, 0.29) is 11.7 Å². The lowest BCUT2D eigenvalue weighted by Gasteiger charge is -2.27. The maximum atomic E-state index is 14.2. The number of halogens is 1. The largest absolute Gasteiger partial charge is 0.508 e. The number of benzene rings is 1. The molecule has 0 spiro atoms. The molecule has 0 saturated carbocycles. The van der Waals surface area contributed by atoms with Crippen molar-refractivity contribution in [2.24, 2.45) is 11.7 Å². The second-order valence-corrected chi connectivity index (χ2v) is 3.76. The molecule has 0 saturated heterocycles. The molecule has 0 radical (unpaired) electrons. The zero-order valence-corrected chi connectivity index (χ0v) is 8.50. The molecule has 1 aromatic rings. The maximum Gasteiger partial charge on any atom is 0.136 e. The van der Waals surface area contributed by atoms with Crippen LogP contribution in [-0.2, 0) is 5.67 Å². The third kappa shape index (κ3) is 2.04. The van der Waals surface area contributed by atoms with E-state index in [2.05, 4.69) is 0 Å². The highest BCUT2D eigenvalue weighted by molar-refractivity contribution is 5.30. The lowest BCUT2D eigenvalue weighted by molar-refractivity contribution is 0.117. The van der Waals surface area contributed by atoms with Gasteiger partial charge in [0.1, 0.15) is 11.4 Å². The number of rotatable bonds is 3. The molecular formula is C11H16FNO. The average Bonchev–Trinajstić information content (AvgIpc) is 2.17. The lowest BCUT2D eigenvalue weighted by atomic mass is 9.86. The van der Waals surface area contributed by atoms with Gasteiger partial charge in [-0.3, -0.25) is 0 Å². The molecule has 1 aromatic carbocycles. The highest BCUT2D eigenvalue weighted by Crippen LogP contribution is 2.33. The molecule has 0 bridgehead atoms. The Hall–Kier alpha value is -1.09. The van der Waals surface area contributed by atoms with E-state index in [9.17, 15) is 4.39 Å². The zero-order valence-electron chi connectivity index (χ0n) is 8.50. The van der Waals surface area contributed by atoms with E-state index in [1.54, 1.807) is 19.1 Å². The summed E-state index contributed by atoms with van der Waals surface area (Å²) >= 11 is 0. The van der Waals surface area contributed by atoms with E-state index < -0.39 is 5.67 Å². The fourth-order valence-electron chi connectivity index (χ4n) is 1.29. The van der Waals surface area contributed by atoms with Gasteiger partial charge in [-0.2, -0.15) is 0 Å². The number of phenols is 1. The second kappa shape index (κ2) is 3.96. The molecule has 3 N–H and O–H groups in total. The Morgan fingerprint density at radius 1 is 1.43 bits per heavy atom. The first-order valence-electron chi connectivity index (χ1n) is 4.67. The van der Waals surface area contributed by atoms with Gasteiger partial charge in [0.15, 0.2) is 0 Å². The van der Waals surface area contributed by atoms with Crippen molar-refractivity contribution >= 4 is 0 Å². The summed E-state index contributed by atoms with van der Waals surface area (Å²) < 4.78 is 14.2. The molecule has 0 aliphatic heterocycles. The smallest absolute Gasteiger partial charge is 0.136 e. The number of hydrogen-bond acceptors (Lipinski definition) is 2. The van der Waals surface area contributed by atoms with E-state index in [4.69, 9.17) is 10.8 Å². The minimum Gasteiger partial charge on any atom is -0.508 e. The molecule has 0 heterocycles. The molecule has 14 heavy (non-hydrogen) atoms. The van der Waals surface area contributed by atoms with Gasteiger partial charge in [-0.05, 0) is 31.2 Å². The monoisotopic (exact) mass is 197 g/mol. The van der Waals surface area contributed by atoms with Crippen LogP contribution in [0.4, 0.5) is 4.39 Å². The van der Waals surface area contributed by atoms with Gasteiger partial charge in [-0.15, -0.1) is 0 Å². The first-order chi connectivity index (χ1) is 6.48. The van der Waals surface area contributed by atoms with Crippen LogP contribution in [0.2, 0.25) is 0 Å². The summed E-state index contributed by atoms with van der Waals surface area (Å²) in [7, 11) is 0. The molecule has 0 fully saturated rings. The van der Waals surface area contributed by atoms with Crippen LogP contribution in [-0.4, -0.2) is 11.7 Å². The number of aromatic hydroxyl groups is 1. The summed E-state index contributed by atoms with van der Waals surface area (Å²) in [6.45, 7) is 3.58. The molecule has 0 aliphatic rings. The summed E-state index contributed by atoms with van der Waals surface area (Å²) in [5.41, 5.74) is 4.54. The van der Waals surface area contributed by atoms with Crippen LogP contribution in [0, 0.1) is 5.92 Å². The van der Waals surface area contributed by atoms with Gasteiger partial charge in [0.25, 0.3) is 0 Å². The number of hydrogen-bond donors (Lipinski definition) is 2. The van der Waals surface area contributed by atoms with Gasteiger partial charge in [0.2, 0.25) is 0 Å². The Morgan fingerprint density at radius 2 is 1.93 bits per heavy atom. The predicted molar refractivity (Wildman–Crippen MR) is 54.8 cm³/mol.